The number of epoxide rings is 1. The van der Waals surface area contributed by atoms with Gasteiger partial charge in [-0.25, -0.2) is 6.57 Å². The summed E-state index contributed by atoms with van der Waals surface area (Å²) in [6, 6.07) is 9.17. The minimum atomic E-state index is -0.765. The van der Waals surface area contributed by atoms with Gasteiger partial charge in [-0.15, -0.1) is 0 Å². The molecule has 1 unspecified atom stereocenters. The van der Waals surface area contributed by atoms with Gasteiger partial charge in [0, 0.05) is 11.1 Å². The maximum atomic E-state index is 11.2. The lowest BCUT2D eigenvalue weighted by Gasteiger charge is -2.37. The molecule has 1 spiro atoms. The van der Waals surface area contributed by atoms with Gasteiger partial charge in [0.2, 0.25) is 0 Å². The smallest absolute Gasteiger partial charge is 0.357 e. The summed E-state index contributed by atoms with van der Waals surface area (Å²) < 4.78 is 29.0. The van der Waals surface area contributed by atoms with Crippen molar-refractivity contribution in [2.75, 3.05) is 26.4 Å². The van der Waals surface area contributed by atoms with Crippen molar-refractivity contribution in [3.8, 4) is 35.1 Å². The second-order valence-electron chi connectivity index (χ2n) is 13.6. The average Bonchev–Trinajstić information content (AvgIpc) is 4.06. The van der Waals surface area contributed by atoms with Gasteiger partial charge in [0.25, 0.3) is 0 Å². The number of benzene rings is 2. The van der Waals surface area contributed by atoms with Crippen molar-refractivity contribution in [1.82, 2.24) is 0 Å². The highest BCUT2D eigenvalue weighted by atomic mass is 16.6. The molecule has 5 aliphatic rings. The molecule has 2 saturated carbocycles. The number of rotatable bonds is 3. The molecule has 0 aromatic heterocycles. The number of hydrogen-bond acceptors (Lipinski definition) is 8. The number of nitriles is 2. The molecule has 2 aromatic carbocycles. The molecule has 7 rings (SSSR count). The van der Waals surface area contributed by atoms with Gasteiger partial charge in [-0.05, 0) is 101 Å². The summed E-state index contributed by atoms with van der Waals surface area (Å²) in [6.45, 7) is 49.2. The fourth-order valence-electron chi connectivity index (χ4n) is 8.26. The largest absolute Gasteiger partial charge is 0.486 e. The SMILES string of the molecule is CC.CC.CC.CC.CC.CC.CC.CC.Cc1cc(C)c(C2(C#N)CCC(C(=O)O)CC2)c2c1OCCO2.[C-]#[N+]C1OC12CCC(C#N)(c1c(C)cc(C)c3c1OCCO3)CC2. The van der Waals surface area contributed by atoms with E-state index in [0.717, 1.165) is 63.5 Å². The standard InChI is InChI=1S/C19H20N2O3.C18H21NO4.8C2H6/c1-12-10-13(2)15-16(23-9-8-22-15)14(12)18(11-20)4-6-19(7-5-18)17(21-3)24-19;1-11-9-12(2)15-16(23-8-7-22-15)14(11)18(10-19)5-3-13(4-6-18)17(20)21;8*1-2/h10,17H,4-9H2,1-2H3;9,13H,3-8H2,1-2H3,(H,20,21);8*1-2H3. The predicted molar refractivity (Wildman–Crippen MR) is 261 cm³/mol. The number of aryl methyl sites for hydroxylation is 4. The maximum absolute atomic E-state index is 11.2. The molecular weight excluding hydrogens is 791 g/mol. The number of carboxylic acids is 1. The molecule has 1 N–H and O–H groups in total. The summed E-state index contributed by atoms with van der Waals surface area (Å²) in [4.78, 5) is 14.7. The van der Waals surface area contributed by atoms with Crippen LogP contribution in [0.2, 0.25) is 0 Å². The molecule has 2 aromatic rings. The second kappa shape index (κ2) is 33.1. The number of carbonyl (C=O) groups is 1. The Morgan fingerprint density at radius 1 is 0.571 bits per heavy atom. The third kappa shape index (κ3) is 15.1. The Balaban J connectivity index is -0.000000869. The number of fused-ring (bicyclic) bond motifs is 2. The quantitative estimate of drug-likeness (QED) is 0.236. The van der Waals surface area contributed by atoms with Gasteiger partial charge in [0.05, 0.1) is 28.9 Å². The van der Waals surface area contributed by atoms with E-state index < -0.39 is 16.8 Å². The summed E-state index contributed by atoms with van der Waals surface area (Å²) in [5.41, 5.74) is 4.43. The zero-order valence-corrected chi connectivity index (χ0v) is 43.5. The van der Waals surface area contributed by atoms with E-state index in [2.05, 4.69) is 23.0 Å². The molecule has 2 aliphatic carbocycles. The Morgan fingerprint density at radius 3 is 1.17 bits per heavy atom. The first-order valence-electron chi connectivity index (χ1n) is 24.4. The Bertz CT molecular complexity index is 1720. The zero-order chi connectivity index (χ0) is 49.6. The number of aliphatic carboxylic acids is 1. The fraction of sp³-hybridized carbons (Fsp3) is 0.698. The van der Waals surface area contributed by atoms with Crippen LogP contribution in [0.1, 0.15) is 196 Å². The maximum Gasteiger partial charge on any atom is 0.357 e. The molecule has 1 atom stereocenters. The Kier molecular flexibility index (Phi) is 33.0. The molecule has 0 radical (unpaired) electrons. The van der Waals surface area contributed by atoms with Gasteiger partial charge in [-0.1, -0.05) is 123 Å². The number of ether oxygens (including phenoxy) is 5. The Labute approximate surface area is 385 Å². The monoisotopic (exact) mass is 880 g/mol. The van der Waals surface area contributed by atoms with Crippen LogP contribution in [-0.2, 0) is 20.4 Å². The lowest BCUT2D eigenvalue weighted by molar-refractivity contribution is -0.143. The van der Waals surface area contributed by atoms with Gasteiger partial charge in [0.15, 0.2) is 28.6 Å². The summed E-state index contributed by atoms with van der Waals surface area (Å²) in [6.07, 6.45) is 4.68. The number of carboxylic acid groups (broad SMARTS) is 1. The molecule has 3 fully saturated rings. The van der Waals surface area contributed by atoms with Crippen LogP contribution >= 0.6 is 0 Å². The van der Waals surface area contributed by atoms with E-state index in [-0.39, 0.29) is 17.7 Å². The van der Waals surface area contributed by atoms with Crippen LogP contribution in [0, 0.1) is 62.8 Å². The lowest BCUT2D eigenvalue weighted by Crippen LogP contribution is -2.36. The van der Waals surface area contributed by atoms with E-state index in [1.807, 2.05) is 145 Å². The van der Waals surface area contributed by atoms with Gasteiger partial charge < -0.3 is 24.1 Å². The van der Waals surface area contributed by atoms with E-state index >= 15 is 0 Å². The van der Waals surface area contributed by atoms with Crippen LogP contribution in [0.3, 0.4) is 0 Å². The molecule has 358 valence electrons. The summed E-state index contributed by atoms with van der Waals surface area (Å²) in [5, 5.41) is 29.2. The number of nitrogens with zero attached hydrogens (tertiary/aromatic N) is 3. The molecule has 10 nitrogen and oxygen atoms in total. The van der Waals surface area contributed by atoms with Crippen LogP contribution in [0.4, 0.5) is 0 Å². The first-order chi connectivity index (χ1) is 30.5. The topological polar surface area (TPSA) is 139 Å². The predicted octanol–water partition coefficient (Wildman–Crippen LogP) is 14.7. The zero-order valence-electron chi connectivity index (χ0n) is 43.5. The second-order valence-corrected chi connectivity index (χ2v) is 13.6. The molecule has 63 heavy (non-hydrogen) atoms. The van der Waals surface area contributed by atoms with Crippen molar-refractivity contribution in [3.63, 3.8) is 0 Å². The van der Waals surface area contributed by atoms with Crippen molar-refractivity contribution in [2.45, 2.75) is 213 Å². The van der Waals surface area contributed by atoms with Crippen LogP contribution < -0.4 is 18.9 Å². The highest BCUT2D eigenvalue weighted by molar-refractivity contribution is 5.70. The molecule has 10 heteroatoms. The van der Waals surface area contributed by atoms with Crippen LogP contribution in [0.25, 0.3) is 4.85 Å². The molecule has 1 saturated heterocycles. The van der Waals surface area contributed by atoms with Crippen LogP contribution in [-0.4, -0.2) is 49.3 Å². The minimum Gasteiger partial charge on any atom is -0.486 e. The Morgan fingerprint density at radius 2 is 0.889 bits per heavy atom. The van der Waals surface area contributed by atoms with Gasteiger partial charge in [-0.3, -0.25) is 14.4 Å². The van der Waals surface area contributed by atoms with Crippen molar-refractivity contribution >= 4 is 5.97 Å². The van der Waals surface area contributed by atoms with Crippen molar-refractivity contribution in [2.24, 2.45) is 5.92 Å². The molecule has 3 aliphatic heterocycles. The molecule has 3 heterocycles. The van der Waals surface area contributed by atoms with Gasteiger partial charge in [-0.2, -0.15) is 10.5 Å². The van der Waals surface area contributed by atoms with Crippen LogP contribution in [0.15, 0.2) is 12.1 Å². The minimum absolute atomic E-state index is 0.307. The summed E-state index contributed by atoms with van der Waals surface area (Å²) >= 11 is 0. The summed E-state index contributed by atoms with van der Waals surface area (Å²) in [5.74, 6) is 1.82. The summed E-state index contributed by atoms with van der Waals surface area (Å²) in [7, 11) is 0. The van der Waals surface area contributed by atoms with E-state index in [4.69, 9.17) is 30.3 Å². The highest BCUT2D eigenvalue weighted by Gasteiger charge is 2.66. The number of hydrogen-bond donors (Lipinski definition) is 1. The van der Waals surface area contributed by atoms with Crippen molar-refractivity contribution in [3.05, 3.63) is 56.9 Å². The van der Waals surface area contributed by atoms with E-state index in [1.54, 1.807) is 0 Å². The lowest BCUT2D eigenvalue weighted by atomic mass is 9.65. The normalized spacial score (nSPS) is 23.2. The third-order valence-corrected chi connectivity index (χ3v) is 10.8. The van der Waals surface area contributed by atoms with E-state index in [1.165, 1.54) is 0 Å². The van der Waals surface area contributed by atoms with Crippen molar-refractivity contribution < 1.29 is 33.6 Å². The van der Waals surface area contributed by atoms with E-state index in [0.29, 0.717) is 70.7 Å². The van der Waals surface area contributed by atoms with E-state index in [9.17, 15) is 20.4 Å². The molecule has 0 bridgehead atoms. The molecule has 0 amide bonds. The highest BCUT2D eigenvalue weighted by Crippen LogP contribution is 2.57. The van der Waals surface area contributed by atoms with Crippen LogP contribution in [0.5, 0.6) is 23.0 Å². The first kappa shape index (κ1) is 62.8. The third-order valence-electron chi connectivity index (χ3n) is 10.8. The first-order valence-corrected chi connectivity index (χ1v) is 24.4. The van der Waals surface area contributed by atoms with Crippen molar-refractivity contribution in [1.29, 1.82) is 10.5 Å². The molecular formula is C53H89N3O7. The Hall–Kier alpha value is -4.46. The van der Waals surface area contributed by atoms with Gasteiger partial charge >= 0.3 is 12.2 Å². The van der Waals surface area contributed by atoms with Gasteiger partial charge in [0.1, 0.15) is 26.4 Å². The fourth-order valence-corrected chi connectivity index (χ4v) is 8.26. The average molecular weight is 880 g/mol.